The van der Waals surface area contributed by atoms with Gasteiger partial charge in [0, 0.05) is 26.9 Å². The summed E-state index contributed by atoms with van der Waals surface area (Å²) in [6.45, 7) is 2.16. The predicted octanol–water partition coefficient (Wildman–Crippen LogP) is 10.5. The monoisotopic (exact) mass is 552 g/mol. The van der Waals surface area contributed by atoms with E-state index in [1.807, 2.05) is 6.07 Å². The van der Waals surface area contributed by atoms with Gasteiger partial charge in [-0.2, -0.15) is 0 Å². The first-order chi connectivity index (χ1) is 21.3. The molecule has 3 aromatic heterocycles. The van der Waals surface area contributed by atoms with Crippen LogP contribution in [0, 0.1) is 6.92 Å². The van der Waals surface area contributed by atoms with Gasteiger partial charge < -0.3 is 4.74 Å². The van der Waals surface area contributed by atoms with Crippen molar-refractivity contribution < 1.29 is 4.74 Å². The van der Waals surface area contributed by atoms with Crippen LogP contribution in [0.3, 0.4) is 0 Å². The molecular formula is C40H28N2O. The van der Waals surface area contributed by atoms with Crippen molar-refractivity contribution in [3.63, 3.8) is 0 Å². The molecule has 3 nitrogen and oxygen atoms in total. The summed E-state index contributed by atoms with van der Waals surface area (Å²) in [5.74, 6) is 0.901. The van der Waals surface area contributed by atoms with Crippen molar-refractivity contribution in [1.29, 1.82) is 0 Å². The molecule has 0 amide bonds. The normalized spacial score (nSPS) is 12.0. The van der Waals surface area contributed by atoms with Crippen molar-refractivity contribution in [1.82, 2.24) is 8.80 Å². The minimum atomic E-state index is 0.901. The van der Waals surface area contributed by atoms with Crippen molar-refractivity contribution >= 4 is 65.4 Å². The van der Waals surface area contributed by atoms with E-state index in [-0.39, 0.29) is 0 Å². The number of ether oxygens (including phenoxy) is 1. The molecule has 9 aromatic rings. The Labute approximate surface area is 248 Å². The third kappa shape index (κ3) is 3.19. The van der Waals surface area contributed by atoms with Crippen LogP contribution < -0.4 is 4.74 Å². The maximum absolute atomic E-state index is 5.77. The lowest BCUT2D eigenvalue weighted by molar-refractivity contribution is 0.412. The highest BCUT2D eigenvalue weighted by molar-refractivity contribution is 6.27. The number of hydrogen-bond donors (Lipinski definition) is 0. The van der Waals surface area contributed by atoms with Crippen LogP contribution in [0.1, 0.15) is 5.56 Å². The Morgan fingerprint density at radius 3 is 1.51 bits per heavy atom. The molecule has 0 spiro atoms. The van der Waals surface area contributed by atoms with Crippen molar-refractivity contribution in [2.75, 3.05) is 7.11 Å². The number of fused-ring (bicyclic) bond motifs is 13. The van der Waals surface area contributed by atoms with Gasteiger partial charge in [-0.15, -0.1) is 0 Å². The van der Waals surface area contributed by atoms with E-state index >= 15 is 0 Å². The summed E-state index contributed by atoms with van der Waals surface area (Å²) >= 11 is 0. The van der Waals surface area contributed by atoms with Crippen molar-refractivity contribution in [3.8, 4) is 16.9 Å². The Bertz CT molecular complexity index is 2620. The fourth-order valence-electron chi connectivity index (χ4n) is 7.37. The van der Waals surface area contributed by atoms with Crippen LogP contribution in [0.4, 0.5) is 0 Å². The van der Waals surface area contributed by atoms with Crippen LogP contribution >= 0.6 is 0 Å². The zero-order chi connectivity index (χ0) is 28.7. The summed E-state index contributed by atoms with van der Waals surface area (Å²) in [5.41, 5.74) is 9.46. The fraction of sp³-hybridized carbons (Fsp3) is 0.0500. The number of aromatic nitrogens is 2. The summed E-state index contributed by atoms with van der Waals surface area (Å²) < 4.78 is 10.8. The summed E-state index contributed by atoms with van der Waals surface area (Å²) in [4.78, 5) is 0. The fourth-order valence-corrected chi connectivity index (χ4v) is 7.37. The Hall–Kier alpha value is -5.54. The highest BCUT2D eigenvalue weighted by Crippen LogP contribution is 2.44. The summed E-state index contributed by atoms with van der Waals surface area (Å²) in [6.07, 6.45) is 0. The first kappa shape index (κ1) is 24.1. The van der Waals surface area contributed by atoms with Crippen molar-refractivity contribution in [3.05, 3.63) is 139 Å². The smallest absolute Gasteiger partial charge is 0.131 e. The van der Waals surface area contributed by atoms with Gasteiger partial charge >= 0.3 is 0 Å². The molecule has 43 heavy (non-hydrogen) atoms. The largest absolute Gasteiger partial charge is 0.496 e. The van der Waals surface area contributed by atoms with E-state index in [9.17, 15) is 0 Å². The molecule has 6 aromatic carbocycles. The molecule has 3 heterocycles. The zero-order valence-corrected chi connectivity index (χ0v) is 24.0. The van der Waals surface area contributed by atoms with Crippen LogP contribution in [0.25, 0.3) is 76.5 Å². The van der Waals surface area contributed by atoms with Gasteiger partial charge in [-0.25, -0.2) is 0 Å². The van der Waals surface area contributed by atoms with Gasteiger partial charge in [0.2, 0.25) is 0 Å². The van der Waals surface area contributed by atoms with Crippen LogP contribution in [-0.2, 0) is 0 Å². The second-order valence-corrected chi connectivity index (χ2v) is 11.3. The van der Waals surface area contributed by atoms with Crippen LogP contribution in [0.15, 0.2) is 133 Å². The van der Waals surface area contributed by atoms with Crippen molar-refractivity contribution in [2.45, 2.75) is 6.92 Å². The van der Waals surface area contributed by atoms with Gasteiger partial charge in [0.25, 0.3) is 0 Å². The van der Waals surface area contributed by atoms with E-state index < -0.39 is 0 Å². The second kappa shape index (κ2) is 8.98. The van der Waals surface area contributed by atoms with Gasteiger partial charge in [-0.3, -0.25) is 8.80 Å². The Morgan fingerprint density at radius 1 is 0.419 bits per heavy atom. The third-order valence-corrected chi connectivity index (χ3v) is 9.19. The molecule has 0 aliphatic heterocycles. The molecule has 0 aliphatic carbocycles. The molecule has 3 heteroatoms. The van der Waals surface area contributed by atoms with E-state index in [0.29, 0.717) is 0 Å². The van der Waals surface area contributed by atoms with E-state index in [4.69, 9.17) is 4.74 Å². The molecule has 0 atom stereocenters. The lowest BCUT2D eigenvalue weighted by Crippen LogP contribution is -1.92. The maximum Gasteiger partial charge on any atom is 0.131 e. The Balaban J connectivity index is 1.70. The van der Waals surface area contributed by atoms with Crippen LogP contribution in [0.5, 0.6) is 5.75 Å². The van der Waals surface area contributed by atoms with Gasteiger partial charge in [-0.1, -0.05) is 103 Å². The predicted molar refractivity (Wildman–Crippen MR) is 181 cm³/mol. The summed E-state index contributed by atoms with van der Waals surface area (Å²) in [7, 11) is 1.75. The highest BCUT2D eigenvalue weighted by Gasteiger charge is 2.23. The van der Waals surface area contributed by atoms with E-state index in [1.165, 1.54) is 76.5 Å². The highest BCUT2D eigenvalue weighted by atomic mass is 16.5. The van der Waals surface area contributed by atoms with Gasteiger partial charge in [0.05, 0.1) is 29.2 Å². The van der Waals surface area contributed by atoms with E-state index in [1.54, 1.807) is 7.11 Å². The zero-order valence-electron chi connectivity index (χ0n) is 24.0. The molecule has 0 aliphatic rings. The van der Waals surface area contributed by atoms with E-state index in [0.717, 1.165) is 11.3 Å². The number of benzene rings is 6. The first-order valence-electron chi connectivity index (χ1n) is 14.8. The topological polar surface area (TPSA) is 18.1 Å². The quantitative estimate of drug-likeness (QED) is 0.209. The summed E-state index contributed by atoms with van der Waals surface area (Å²) in [6, 6.07) is 48.5. The lowest BCUT2D eigenvalue weighted by Gasteiger charge is -2.12. The number of methoxy groups -OCH3 is 1. The minimum absolute atomic E-state index is 0.901. The van der Waals surface area contributed by atoms with Crippen LogP contribution in [0.2, 0.25) is 0 Å². The number of nitrogens with zero attached hydrogens (tertiary/aromatic N) is 2. The lowest BCUT2D eigenvalue weighted by atomic mass is 9.95. The summed E-state index contributed by atoms with van der Waals surface area (Å²) in [5, 5.41) is 8.67. The molecule has 0 fully saturated rings. The Morgan fingerprint density at radius 2 is 0.884 bits per heavy atom. The third-order valence-electron chi connectivity index (χ3n) is 9.19. The molecular weight excluding hydrogens is 524 g/mol. The molecule has 0 radical (unpaired) electrons. The molecule has 0 saturated carbocycles. The van der Waals surface area contributed by atoms with Crippen molar-refractivity contribution in [2.24, 2.45) is 0 Å². The SMILES string of the molecule is COc1cccc(-c2cccc3c2c2c4ccccc4n4c5ccccc5c5ccccc5c5ccccc5n3c24)c1C. The van der Waals surface area contributed by atoms with E-state index in [2.05, 4.69) is 143 Å². The second-order valence-electron chi connectivity index (χ2n) is 11.3. The first-order valence-corrected chi connectivity index (χ1v) is 14.8. The molecule has 204 valence electrons. The number of para-hydroxylation sites is 3. The molecule has 0 bridgehead atoms. The van der Waals surface area contributed by atoms with Gasteiger partial charge in [0.15, 0.2) is 0 Å². The average Bonchev–Trinajstić information content (AvgIpc) is 3.58. The molecule has 0 N–H and O–H groups in total. The van der Waals surface area contributed by atoms with Gasteiger partial charge in [-0.05, 0) is 64.7 Å². The molecule has 0 saturated heterocycles. The maximum atomic E-state index is 5.77. The van der Waals surface area contributed by atoms with Crippen LogP contribution in [-0.4, -0.2) is 15.9 Å². The minimum Gasteiger partial charge on any atom is -0.496 e. The molecule has 9 rings (SSSR count). The average molecular weight is 553 g/mol. The Kier molecular flexibility index (Phi) is 5.03. The van der Waals surface area contributed by atoms with Gasteiger partial charge in [0.1, 0.15) is 11.4 Å². The standard InChI is InChI=1S/C40H28N2O/c1-25-26(18-12-24-37(25)43-2)31-19-11-23-36-38(31)39-32-17-7-10-22-35(32)41-33-20-8-5-15-29(33)27-13-3-4-14-28(27)30-16-6-9-21-34(30)42(36)40(39)41/h3-24H,1-2H3. The number of rotatable bonds is 2. The molecule has 0 unspecified atom stereocenters. The number of hydrogen-bond acceptors (Lipinski definition) is 1.